The highest BCUT2D eigenvalue weighted by atomic mass is 35.5. The summed E-state index contributed by atoms with van der Waals surface area (Å²) in [7, 11) is 0. The van der Waals surface area contributed by atoms with Gasteiger partial charge >= 0.3 is 0 Å². The Labute approximate surface area is 108 Å². The highest BCUT2D eigenvalue weighted by Crippen LogP contribution is 2.24. The van der Waals surface area contributed by atoms with Crippen molar-refractivity contribution in [3.05, 3.63) is 77.2 Å². The van der Waals surface area contributed by atoms with Crippen molar-refractivity contribution in [2.24, 2.45) is 0 Å². The van der Waals surface area contributed by atoms with Crippen LogP contribution in [-0.4, -0.2) is 0 Å². The summed E-state index contributed by atoms with van der Waals surface area (Å²) in [6.45, 7) is 0. The van der Waals surface area contributed by atoms with E-state index < -0.39 is 0 Å². The predicted octanol–water partition coefficient (Wildman–Crippen LogP) is 4.83. The Bertz CT molecular complexity index is 422. The summed E-state index contributed by atoms with van der Waals surface area (Å²) in [5, 5.41) is 0.960. The number of hydrogen-bond acceptors (Lipinski definition) is 0. The minimum Gasteiger partial charge on any atom is -0.112 e. The van der Waals surface area contributed by atoms with E-state index in [9.17, 15) is 0 Å². The molecule has 87 valence electrons. The van der Waals surface area contributed by atoms with Crippen LogP contribution in [0.25, 0.3) is 0 Å². The van der Waals surface area contributed by atoms with Gasteiger partial charge in [-0.2, -0.15) is 0 Å². The van der Waals surface area contributed by atoms with Crippen LogP contribution >= 0.6 is 11.6 Å². The van der Waals surface area contributed by atoms with Crippen LogP contribution in [0.2, 0.25) is 0 Å². The number of benzene rings is 2. The molecule has 0 unspecified atom stereocenters. The Hall–Kier alpha value is -1.27. The number of halogens is 1. The van der Waals surface area contributed by atoms with Gasteiger partial charge in [0.25, 0.3) is 0 Å². The molecule has 1 heteroatoms. The lowest BCUT2D eigenvalue weighted by atomic mass is 10.0. The molecule has 0 fully saturated rings. The predicted molar refractivity (Wildman–Crippen MR) is 74.0 cm³/mol. The largest absolute Gasteiger partial charge is 0.112 e. The average molecular weight is 244 g/mol. The van der Waals surface area contributed by atoms with Crippen LogP contribution in [0.5, 0.6) is 0 Å². The van der Waals surface area contributed by atoms with E-state index in [0.717, 1.165) is 30.2 Å². The molecule has 0 aliphatic heterocycles. The molecule has 0 aliphatic rings. The third-order valence-electron chi connectivity index (χ3n) is 2.79. The maximum Gasteiger partial charge on any atom is 0.0927 e. The average Bonchev–Trinajstić information content (AvgIpc) is 2.41. The topological polar surface area (TPSA) is 0 Å². The Morgan fingerprint density at radius 3 is 2.06 bits per heavy atom. The van der Waals surface area contributed by atoms with Crippen LogP contribution in [0, 0.1) is 5.38 Å². The molecule has 0 spiro atoms. The second-order valence-corrected chi connectivity index (χ2v) is 4.57. The van der Waals surface area contributed by atoms with Gasteiger partial charge in [-0.1, -0.05) is 60.7 Å². The van der Waals surface area contributed by atoms with Gasteiger partial charge in [0.15, 0.2) is 0 Å². The van der Waals surface area contributed by atoms with Crippen molar-refractivity contribution in [1.29, 1.82) is 0 Å². The molecule has 0 aliphatic carbocycles. The van der Waals surface area contributed by atoms with Gasteiger partial charge in [-0.25, -0.2) is 0 Å². The fourth-order valence-corrected chi connectivity index (χ4v) is 2.12. The van der Waals surface area contributed by atoms with Crippen LogP contribution in [-0.2, 0) is 6.42 Å². The van der Waals surface area contributed by atoms with Gasteiger partial charge < -0.3 is 0 Å². The SMILES string of the molecule is Cl[C](CCCc1ccccc1)c1ccccc1. The molecular weight excluding hydrogens is 228 g/mol. The fourth-order valence-electron chi connectivity index (χ4n) is 1.86. The van der Waals surface area contributed by atoms with Crippen molar-refractivity contribution in [2.45, 2.75) is 19.3 Å². The summed E-state index contributed by atoms with van der Waals surface area (Å²) in [5.74, 6) is 0. The summed E-state index contributed by atoms with van der Waals surface area (Å²) in [5.41, 5.74) is 2.52. The smallest absolute Gasteiger partial charge is 0.0927 e. The Balaban J connectivity index is 1.79. The first-order valence-corrected chi connectivity index (χ1v) is 6.35. The second kappa shape index (κ2) is 6.46. The Morgan fingerprint density at radius 2 is 1.41 bits per heavy atom. The van der Waals surface area contributed by atoms with E-state index in [-0.39, 0.29) is 0 Å². The molecule has 0 aromatic heterocycles. The molecule has 17 heavy (non-hydrogen) atoms. The zero-order valence-electron chi connectivity index (χ0n) is 9.77. The van der Waals surface area contributed by atoms with E-state index >= 15 is 0 Å². The highest BCUT2D eigenvalue weighted by Gasteiger charge is 2.07. The molecule has 0 atom stereocenters. The summed E-state index contributed by atoms with van der Waals surface area (Å²) < 4.78 is 0. The first kappa shape index (κ1) is 12.2. The molecule has 0 nitrogen and oxygen atoms in total. The first-order chi connectivity index (χ1) is 8.36. The summed E-state index contributed by atoms with van der Waals surface area (Å²) in [6, 6.07) is 20.7. The quantitative estimate of drug-likeness (QED) is 0.706. The van der Waals surface area contributed by atoms with E-state index in [0.29, 0.717) is 0 Å². The fraction of sp³-hybridized carbons (Fsp3) is 0.188. The van der Waals surface area contributed by atoms with Crippen molar-refractivity contribution in [3.8, 4) is 0 Å². The molecule has 2 aromatic rings. The molecule has 0 saturated heterocycles. The molecular formula is C16H16Cl. The molecule has 0 saturated carbocycles. The first-order valence-electron chi connectivity index (χ1n) is 5.97. The lowest BCUT2D eigenvalue weighted by Crippen LogP contribution is -1.93. The highest BCUT2D eigenvalue weighted by molar-refractivity contribution is 6.29. The second-order valence-electron chi connectivity index (χ2n) is 4.11. The van der Waals surface area contributed by atoms with E-state index in [1.54, 1.807) is 0 Å². The third-order valence-corrected chi connectivity index (χ3v) is 3.20. The lowest BCUT2D eigenvalue weighted by molar-refractivity contribution is 0.801. The molecule has 2 aromatic carbocycles. The third kappa shape index (κ3) is 3.90. The van der Waals surface area contributed by atoms with Gasteiger partial charge in [0.2, 0.25) is 0 Å². The Morgan fingerprint density at radius 1 is 0.824 bits per heavy atom. The van der Waals surface area contributed by atoms with Crippen LogP contribution < -0.4 is 0 Å². The molecule has 0 amide bonds. The Kier molecular flexibility index (Phi) is 4.63. The molecule has 0 N–H and O–H groups in total. The minimum atomic E-state index is 0.945. The van der Waals surface area contributed by atoms with Crippen LogP contribution in [0.3, 0.4) is 0 Å². The van der Waals surface area contributed by atoms with Gasteiger partial charge in [-0.3, -0.25) is 0 Å². The van der Waals surface area contributed by atoms with Crippen molar-refractivity contribution in [1.82, 2.24) is 0 Å². The minimum absolute atomic E-state index is 0.945. The number of hydrogen-bond donors (Lipinski definition) is 0. The zero-order chi connectivity index (χ0) is 11.9. The van der Waals surface area contributed by atoms with Gasteiger partial charge in [0.1, 0.15) is 0 Å². The van der Waals surface area contributed by atoms with Gasteiger partial charge in [-0.05, 0) is 30.4 Å². The standard InChI is InChI=1S/C16H16Cl/c17-16(15-11-5-2-6-12-15)13-7-10-14-8-3-1-4-9-14/h1-6,8-9,11-12H,7,10,13H2. The number of aryl methyl sites for hydroxylation is 1. The molecule has 2 rings (SSSR count). The van der Waals surface area contributed by atoms with Crippen LogP contribution in [0.1, 0.15) is 24.0 Å². The van der Waals surface area contributed by atoms with Crippen molar-refractivity contribution < 1.29 is 0 Å². The summed E-state index contributed by atoms with van der Waals surface area (Å²) in [6.07, 6.45) is 3.13. The van der Waals surface area contributed by atoms with E-state index in [2.05, 4.69) is 36.4 Å². The summed E-state index contributed by atoms with van der Waals surface area (Å²) in [4.78, 5) is 0. The molecule has 1 radical (unpaired) electrons. The normalized spacial score (nSPS) is 10.7. The van der Waals surface area contributed by atoms with Gasteiger partial charge in [0.05, 0.1) is 5.38 Å². The van der Waals surface area contributed by atoms with Gasteiger partial charge in [-0.15, -0.1) is 11.6 Å². The zero-order valence-corrected chi connectivity index (χ0v) is 10.5. The van der Waals surface area contributed by atoms with Gasteiger partial charge in [0, 0.05) is 0 Å². The van der Waals surface area contributed by atoms with E-state index in [1.165, 1.54) is 5.56 Å². The van der Waals surface area contributed by atoms with Crippen molar-refractivity contribution in [3.63, 3.8) is 0 Å². The van der Waals surface area contributed by atoms with Crippen LogP contribution in [0.4, 0.5) is 0 Å². The number of rotatable bonds is 5. The van der Waals surface area contributed by atoms with Crippen molar-refractivity contribution >= 4 is 11.6 Å². The van der Waals surface area contributed by atoms with Crippen LogP contribution in [0.15, 0.2) is 60.7 Å². The molecule has 0 heterocycles. The van der Waals surface area contributed by atoms with Crippen molar-refractivity contribution in [2.75, 3.05) is 0 Å². The monoisotopic (exact) mass is 243 g/mol. The summed E-state index contributed by atoms with van der Waals surface area (Å²) >= 11 is 6.29. The maximum absolute atomic E-state index is 6.29. The lowest BCUT2D eigenvalue weighted by Gasteiger charge is -2.08. The van der Waals surface area contributed by atoms with E-state index in [4.69, 9.17) is 11.6 Å². The maximum atomic E-state index is 6.29. The molecule has 0 bridgehead atoms. The van der Waals surface area contributed by atoms with E-state index in [1.807, 2.05) is 24.3 Å².